The average molecular weight is 573 g/mol. The Balaban J connectivity index is 1.32. The van der Waals surface area contributed by atoms with Crippen molar-refractivity contribution in [2.45, 2.75) is 29.7 Å². The fourth-order valence-corrected chi connectivity index (χ4v) is 7.27. The zero-order valence-electron chi connectivity index (χ0n) is 18.6. The first kappa shape index (κ1) is 25.3. The van der Waals surface area contributed by atoms with E-state index in [-0.39, 0.29) is 29.2 Å². The van der Waals surface area contributed by atoms with E-state index in [1.54, 1.807) is 6.07 Å². The van der Waals surface area contributed by atoms with Gasteiger partial charge >= 0.3 is 0 Å². The highest BCUT2D eigenvalue weighted by molar-refractivity contribution is 7.93. The fraction of sp³-hybridized carbons (Fsp3) is 0.304. The van der Waals surface area contributed by atoms with Crippen LogP contribution in [0.3, 0.4) is 0 Å². The summed E-state index contributed by atoms with van der Waals surface area (Å²) in [6.45, 7) is 1.57. The van der Waals surface area contributed by atoms with Gasteiger partial charge in [0.15, 0.2) is 10.0 Å². The van der Waals surface area contributed by atoms with Crippen LogP contribution in [0.15, 0.2) is 46.8 Å². The normalized spacial score (nSPS) is 20.9. The number of halogens is 4. The largest absolute Gasteiger partial charge is 0.311 e. The maximum Gasteiger partial charge on any atom is 0.269 e. The zero-order chi connectivity index (χ0) is 25.6. The Morgan fingerprint density at radius 2 is 1.72 bits per heavy atom. The Morgan fingerprint density at radius 1 is 1.03 bits per heavy atom. The van der Waals surface area contributed by atoms with E-state index in [1.807, 2.05) is 12.1 Å². The molecule has 3 heterocycles. The van der Waals surface area contributed by atoms with Crippen LogP contribution in [0, 0.1) is 11.6 Å². The van der Waals surface area contributed by atoms with Gasteiger partial charge in [-0.2, -0.15) is 0 Å². The van der Waals surface area contributed by atoms with Crippen LogP contribution in [0.5, 0.6) is 0 Å². The van der Waals surface area contributed by atoms with Crippen molar-refractivity contribution in [2.24, 2.45) is 0 Å². The molecule has 3 aromatic rings. The van der Waals surface area contributed by atoms with E-state index < -0.39 is 32.6 Å². The molecular weight excluding hydrogens is 553 g/mol. The molecule has 0 saturated carbocycles. The number of aromatic nitrogens is 1. The van der Waals surface area contributed by atoms with Crippen molar-refractivity contribution in [3.8, 4) is 0 Å². The van der Waals surface area contributed by atoms with Gasteiger partial charge in [-0.05, 0) is 61.2 Å². The first-order chi connectivity index (χ1) is 17.1. The SMILES string of the molecule is O=C1C(N2CCC(c3cc(Cl)cc(Cl)c3)C2)CCN1c1cc(F)c(S(=O)(=O)Nc2nccs2)c(F)c1. The second-order valence-electron chi connectivity index (χ2n) is 8.66. The highest BCUT2D eigenvalue weighted by atomic mass is 35.5. The molecule has 7 nitrogen and oxygen atoms in total. The number of likely N-dealkylation sites (tertiary alicyclic amines) is 1. The van der Waals surface area contributed by atoms with E-state index in [2.05, 4.69) is 14.6 Å². The summed E-state index contributed by atoms with van der Waals surface area (Å²) in [5, 5.41) is 2.61. The van der Waals surface area contributed by atoms with E-state index in [0.29, 0.717) is 29.6 Å². The Kier molecular flexibility index (Phi) is 6.94. The van der Waals surface area contributed by atoms with E-state index in [4.69, 9.17) is 23.2 Å². The van der Waals surface area contributed by atoms with Crippen LogP contribution in [0.25, 0.3) is 0 Å². The van der Waals surface area contributed by atoms with E-state index in [0.717, 1.165) is 35.5 Å². The van der Waals surface area contributed by atoms with Gasteiger partial charge in [0.2, 0.25) is 5.91 Å². The maximum absolute atomic E-state index is 14.9. The molecule has 2 aliphatic rings. The molecule has 2 saturated heterocycles. The van der Waals surface area contributed by atoms with E-state index >= 15 is 0 Å². The monoisotopic (exact) mass is 572 g/mol. The minimum Gasteiger partial charge on any atom is -0.311 e. The molecule has 5 rings (SSSR count). The summed E-state index contributed by atoms with van der Waals surface area (Å²) < 4.78 is 56.9. The molecule has 2 aliphatic heterocycles. The van der Waals surface area contributed by atoms with E-state index in [9.17, 15) is 22.0 Å². The average Bonchev–Trinajstić information content (AvgIpc) is 3.53. The van der Waals surface area contributed by atoms with Crippen LogP contribution in [0.1, 0.15) is 24.3 Å². The Hall–Kier alpha value is -2.31. The predicted octanol–water partition coefficient (Wildman–Crippen LogP) is 5.12. The number of nitrogens with one attached hydrogen (secondary N) is 1. The van der Waals surface area contributed by atoms with Crippen molar-refractivity contribution < 1.29 is 22.0 Å². The number of anilines is 2. The van der Waals surface area contributed by atoms with Gasteiger partial charge in [0.25, 0.3) is 10.0 Å². The van der Waals surface area contributed by atoms with Crippen LogP contribution in [-0.2, 0) is 14.8 Å². The van der Waals surface area contributed by atoms with Gasteiger partial charge in [-0.3, -0.25) is 14.4 Å². The lowest BCUT2D eigenvalue weighted by atomic mass is 9.98. The minimum atomic E-state index is -4.54. The van der Waals surface area contributed by atoms with Crippen molar-refractivity contribution in [3.63, 3.8) is 0 Å². The standard InChI is InChI=1S/C23H20Cl2F2N4O3S2/c24-15-7-14(8-16(25)9-15)13-1-4-30(12-13)20-2-5-31(22(20)32)17-10-18(26)21(19(27)11-17)36(33,34)29-23-28-3-6-35-23/h3,6-11,13,20H,1-2,4-5,12H2,(H,28,29). The molecule has 0 spiro atoms. The number of hydrogen-bond donors (Lipinski definition) is 1. The topological polar surface area (TPSA) is 82.6 Å². The molecule has 0 aliphatic carbocycles. The molecule has 2 fully saturated rings. The Morgan fingerprint density at radius 3 is 2.36 bits per heavy atom. The maximum atomic E-state index is 14.9. The third kappa shape index (κ3) is 4.95. The highest BCUT2D eigenvalue weighted by Gasteiger charge is 2.40. The number of thiazole rings is 1. The van der Waals surface area contributed by atoms with Crippen molar-refractivity contribution in [3.05, 3.63) is 69.2 Å². The minimum absolute atomic E-state index is 0.0144. The van der Waals surface area contributed by atoms with Gasteiger partial charge in [-0.25, -0.2) is 22.2 Å². The third-order valence-corrected chi connectivity index (χ3v) is 9.06. The number of rotatable bonds is 6. The van der Waals surface area contributed by atoms with Crippen LogP contribution < -0.4 is 9.62 Å². The first-order valence-corrected chi connectivity index (χ1v) is 14.2. The molecule has 2 aromatic carbocycles. The molecule has 0 radical (unpaired) electrons. The predicted molar refractivity (Wildman–Crippen MR) is 135 cm³/mol. The lowest BCUT2D eigenvalue weighted by Gasteiger charge is -2.24. The first-order valence-electron chi connectivity index (χ1n) is 11.0. The quantitative estimate of drug-likeness (QED) is 0.443. The Bertz CT molecular complexity index is 1380. The van der Waals surface area contributed by atoms with Crippen molar-refractivity contribution >= 4 is 61.3 Å². The van der Waals surface area contributed by atoms with Crippen LogP contribution in [0.4, 0.5) is 19.6 Å². The van der Waals surface area contributed by atoms with Crippen molar-refractivity contribution in [2.75, 3.05) is 29.3 Å². The highest BCUT2D eigenvalue weighted by Crippen LogP contribution is 2.35. The van der Waals surface area contributed by atoms with Crippen molar-refractivity contribution in [1.29, 1.82) is 0 Å². The summed E-state index contributed by atoms with van der Waals surface area (Å²) in [6, 6.07) is 6.72. The van der Waals surface area contributed by atoms with Crippen LogP contribution >= 0.6 is 34.5 Å². The number of hydrogen-bond acceptors (Lipinski definition) is 6. The second-order valence-corrected chi connectivity index (χ2v) is 12.0. The van der Waals surface area contributed by atoms with Gasteiger partial charge in [0, 0.05) is 40.4 Å². The summed E-state index contributed by atoms with van der Waals surface area (Å²) in [6.07, 6.45) is 2.67. The van der Waals surface area contributed by atoms with Crippen molar-refractivity contribution in [1.82, 2.24) is 9.88 Å². The molecule has 190 valence electrons. The molecule has 2 atom stereocenters. The van der Waals surface area contributed by atoms with Gasteiger partial charge in [0.1, 0.15) is 11.6 Å². The molecule has 1 aromatic heterocycles. The lowest BCUT2D eigenvalue weighted by molar-refractivity contribution is -0.121. The summed E-state index contributed by atoms with van der Waals surface area (Å²) in [4.78, 5) is 19.2. The van der Waals surface area contributed by atoms with Gasteiger partial charge in [0.05, 0.1) is 6.04 Å². The molecule has 0 bridgehead atoms. The number of nitrogens with zero attached hydrogens (tertiary/aromatic N) is 3. The summed E-state index contributed by atoms with van der Waals surface area (Å²) in [5.74, 6) is -2.70. The third-order valence-electron chi connectivity index (χ3n) is 6.41. The lowest BCUT2D eigenvalue weighted by Crippen LogP contribution is -2.40. The number of benzene rings is 2. The summed E-state index contributed by atoms with van der Waals surface area (Å²) in [5.41, 5.74) is 0.979. The molecule has 13 heteroatoms. The second kappa shape index (κ2) is 9.86. The summed E-state index contributed by atoms with van der Waals surface area (Å²) in [7, 11) is -4.54. The van der Waals surface area contributed by atoms with Crippen LogP contribution in [-0.4, -0.2) is 49.9 Å². The van der Waals surface area contributed by atoms with Crippen LogP contribution in [0.2, 0.25) is 10.0 Å². The molecule has 1 amide bonds. The van der Waals surface area contributed by atoms with Gasteiger partial charge < -0.3 is 4.90 Å². The molecule has 2 unspecified atom stereocenters. The molecule has 36 heavy (non-hydrogen) atoms. The Labute approximate surface area is 220 Å². The number of amides is 1. The summed E-state index contributed by atoms with van der Waals surface area (Å²) >= 11 is 13.3. The molecule has 1 N–H and O–H groups in total. The van der Waals surface area contributed by atoms with Gasteiger partial charge in [-0.15, -0.1) is 11.3 Å². The van der Waals surface area contributed by atoms with Gasteiger partial charge in [-0.1, -0.05) is 23.2 Å². The number of carbonyl (C=O) groups is 1. The number of sulfonamides is 1. The fourth-order valence-electron chi connectivity index (χ4n) is 4.81. The number of carbonyl (C=O) groups excluding carboxylic acids is 1. The van der Waals surface area contributed by atoms with E-state index in [1.165, 1.54) is 16.5 Å². The zero-order valence-corrected chi connectivity index (χ0v) is 21.8. The smallest absolute Gasteiger partial charge is 0.269 e. The molecular formula is C23H20Cl2F2N4O3S2.